The zero-order valence-electron chi connectivity index (χ0n) is 15.1. The number of carboxylic acid groups (broad SMARTS) is 1. The predicted octanol–water partition coefficient (Wildman–Crippen LogP) is 1.48. The van der Waals surface area contributed by atoms with Crippen molar-refractivity contribution in [1.29, 1.82) is 0 Å². The summed E-state index contributed by atoms with van der Waals surface area (Å²) >= 11 is 0. The van der Waals surface area contributed by atoms with Crippen LogP contribution in [0.1, 0.15) is 12.8 Å². The lowest BCUT2D eigenvalue weighted by atomic mass is 9.96. The van der Waals surface area contributed by atoms with E-state index in [1.807, 2.05) is 0 Å². The number of carbonyl (C=O) groups excluding carboxylic acids is 1. The van der Waals surface area contributed by atoms with Crippen LogP contribution < -0.4 is 15.0 Å². The fourth-order valence-electron chi connectivity index (χ4n) is 3.02. The molecule has 0 bridgehead atoms. The molecule has 0 radical (unpaired) electrons. The van der Waals surface area contributed by atoms with Crippen molar-refractivity contribution in [2.45, 2.75) is 18.9 Å². The normalized spacial score (nSPS) is 15.7. The lowest BCUT2D eigenvalue weighted by Gasteiger charge is -2.32. The predicted molar refractivity (Wildman–Crippen MR) is 98.4 cm³/mol. The summed E-state index contributed by atoms with van der Waals surface area (Å²) in [6.07, 6.45) is 4.94. The van der Waals surface area contributed by atoms with Gasteiger partial charge in [0, 0.05) is 31.4 Å². The van der Waals surface area contributed by atoms with Crippen LogP contribution in [-0.2, 0) is 9.59 Å². The Balaban J connectivity index is 1.48. The summed E-state index contributed by atoms with van der Waals surface area (Å²) in [6.45, 7) is 1.17. The van der Waals surface area contributed by atoms with Crippen LogP contribution in [0.2, 0.25) is 0 Å². The molecule has 1 unspecified atom stereocenters. The number of aliphatic carboxylic acids is 1. The molecule has 1 aromatic heterocycles. The number of aromatic nitrogens is 2. The van der Waals surface area contributed by atoms with Gasteiger partial charge in [0.15, 0.2) is 0 Å². The molecular weight excluding hydrogens is 367 g/mol. The minimum absolute atomic E-state index is 0.171. The van der Waals surface area contributed by atoms with Gasteiger partial charge in [0.05, 0.1) is 12.7 Å². The molecule has 2 heterocycles. The first kappa shape index (κ1) is 19.5. The van der Waals surface area contributed by atoms with Gasteiger partial charge in [-0.1, -0.05) is 0 Å². The van der Waals surface area contributed by atoms with Gasteiger partial charge in [-0.05, 0) is 37.1 Å². The maximum atomic E-state index is 12.9. The summed E-state index contributed by atoms with van der Waals surface area (Å²) in [5, 5.41) is 12.0. The van der Waals surface area contributed by atoms with Crippen LogP contribution >= 0.6 is 0 Å². The van der Waals surface area contributed by atoms with E-state index in [0.29, 0.717) is 25.9 Å². The number of hydrogen-bond donors (Lipinski definition) is 2. The maximum Gasteiger partial charge on any atom is 0.346 e. The van der Waals surface area contributed by atoms with E-state index in [1.165, 1.54) is 24.3 Å². The summed E-state index contributed by atoms with van der Waals surface area (Å²) < 4.78 is 18.3. The Morgan fingerprint density at radius 2 is 1.96 bits per heavy atom. The van der Waals surface area contributed by atoms with E-state index in [4.69, 9.17) is 4.74 Å². The van der Waals surface area contributed by atoms with Gasteiger partial charge < -0.3 is 20.1 Å². The van der Waals surface area contributed by atoms with Crippen LogP contribution in [0.15, 0.2) is 42.9 Å². The number of anilines is 1. The first-order chi connectivity index (χ1) is 13.5. The number of ether oxygens (including phenoxy) is 1. The number of piperidine rings is 1. The highest BCUT2D eigenvalue weighted by Gasteiger charge is 2.27. The molecule has 0 saturated carbocycles. The number of amides is 1. The third-order valence-electron chi connectivity index (χ3n) is 4.57. The maximum absolute atomic E-state index is 12.9. The monoisotopic (exact) mass is 388 g/mol. The number of halogens is 1. The molecule has 2 N–H and O–H groups in total. The Kier molecular flexibility index (Phi) is 6.36. The molecule has 2 aromatic rings. The van der Waals surface area contributed by atoms with Crippen molar-refractivity contribution in [2.24, 2.45) is 5.92 Å². The van der Waals surface area contributed by atoms with Gasteiger partial charge in [-0.25, -0.2) is 14.2 Å². The summed E-state index contributed by atoms with van der Waals surface area (Å²) in [4.78, 5) is 34.2. The molecule has 28 heavy (non-hydrogen) atoms. The quantitative estimate of drug-likeness (QED) is 0.740. The van der Waals surface area contributed by atoms with Crippen molar-refractivity contribution in [3.05, 3.63) is 48.7 Å². The second-order valence-electron chi connectivity index (χ2n) is 6.47. The third kappa shape index (κ3) is 5.15. The van der Waals surface area contributed by atoms with Crippen molar-refractivity contribution in [1.82, 2.24) is 15.3 Å². The second-order valence-corrected chi connectivity index (χ2v) is 6.47. The van der Waals surface area contributed by atoms with E-state index in [-0.39, 0.29) is 24.1 Å². The summed E-state index contributed by atoms with van der Waals surface area (Å²) in [5.74, 6) is -1.05. The fraction of sp³-hybridized carbons (Fsp3) is 0.368. The topological polar surface area (TPSA) is 105 Å². The molecule has 1 atom stereocenters. The largest absolute Gasteiger partial charge is 0.478 e. The zero-order chi connectivity index (χ0) is 19.9. The molecule has 8 nitrogen and oxygen atoms in total. The van der Waals surface area contributed by atoms with E-state index in [2.05, 4.69) is 20.2 Å². The number of carboxylic acids is 1. The number of benzene rings is 1. The van der Waals surface area contributed by atoms with E-state index in [0.717, 1.165) is 5.82 Å². The molecule has 1 saturated heterocycles. The van der Waals surface area contributed by atoms with Crippen LogP contribution in [-0.4, -0.2) is 52.7 Å². The molecule has 1 amide bonds. The van der Waals surface area contributed by atoms with Crippen LogP contribution in [0, 0.1) is 11.7 Å². The van der Waals surface area contributed by atoms with Gasteiger partial charge in [-0.15, -0.1) is 0 Å². The Bertz CT molecular complexity index is 795. The lowest BCUT2D eigenvalue weighted by molar-refractivity contribution is -0.145. The van der Waals surface area contributed by atoms with Crippen LogP contribution in [0.4, 0.5) is 10.2 Å². The van der Waals surface area contributed by atoms with Gasteiger partial charge in [0.1, 0.15) is 17.4 Å². The SMILES string of the molecule is O=C(NCC(Oc1ccc(F)cc1)C(=O)O)C1CCN(c2cnccn2)CC1. The molecular formula is C19H21FN4O4. The molecule has 1 aromatic carbocycles. The minimum Gasteiger partial charge on any atom is -0.478 e. The first-order valence-corrected chi connectivity index (χ1v) is 8.96. The van der Waals surface area contributed by atoms with Crippen LogP contribution in [0.3, 0.4) is 0 Å². The summed E-state index contributed by atoms with van der Waals surface area (Å²) in [5.41, 5.74) is 0. The fourth-order valence-corrected chi connectivity index (χ4v) is 3.02. The van der Waals surface area contributed by atoms with Crippen molar-refractivity contribution in [3.8, 4) is 5.75 Å². The average Bonchev–Trinajstić information content (AvgIpc) is 2.73. The Morgan fingerprint density at radius 1 is 1.25 bits per heavy atom. The Hall–Kier alpha value is -3.23. The first-order valence-electron chi connectivity index (χ1n) is 8.96. The van der Waals surface area contributed by atoms with Crippen molar-refractivity contribution >= 4 is 17.7 Å². The Labute approximate surface area is 161 Å². The zero-order valence-corrected chi connectivity index (χ0v) is 15.1. The molecule has 1 fully saturated rings. The third-order valence-corrected chi connectivity index (χ3v) is 4.57. The van der Waals surface area contributed by atoms with Crippen molar-refractivity contribution in [2.75, 3.05) is 24.5 Å². The van der Waals surface area contributed by atoms with Crippen molar-refractivity contribution in [3.63, 3.8) is 0 Å². The molecule has 0 aliphatic carbocycles. The van der Waals surface area contributed by atoms with Gasteiger partial charge in [-0.2, -0.15) is 0 Å². The summed E-state index contributed by atoms with van der Waals surface area (Å²) in [6, 6.07) is 5.04. The molecule has 1 aliphatic heterocycles. The number of hydrogen-bond acceptors (Lipinski definition) is 6. The molecule has 148 valence electrons. The number of nitrogens with one attached hydrogen (secondary N) is 1. The van der Waals surface area contributed by atoms with E-state index >= 15 is 0 Å². The van der Waals surface area contributed by atoms with E-state index in [9.17, 15) is 19.1 Å². The minimum atomic E-state index is -1.26. The van der Waals surface area contributed by atoms with Gasteiger partial charge in [-0.3, -0.25) is 9.78 Å². The standard InChI is InChI=1S/C19H21FN4O4/c20-14-1-3-15(4-2-14)28-16(19(26)27)11-23-18(25)13-5-9-24(10-6-13)17-12-21-7-8-22-17/h1-4,7-8,12-13,16H,5-6,9-11H2,(H,23,25)(H,26,27). The number of carbonyl (C=O) groups is 2. The van der Waals surface area contributed by atoms with Crippen LogP contribution in [0.5, 0.6) is 5.75 Å². The van der Waals surface area contributed by atoms with Gasteiger partial charge >= 0.3 is 5.97 Å². The van der Waals surface area contributed by atoms with Crippen LogP contribution in [0.25, 0.3) is 0 Å². The van der Waals surface area contributed by atoms with Gasteiger partial charge in [0.2, 0.25) is 12.0 Å². The number of nitrogens with zero attached hydrogens (tertiary/aromatic N) is 3. The average molecular weight is 388 g/mol. The summed E-state index contributed by atoms with van der Waals surface area (Å²) in [7, 11) is 0. The molecule has 1 aliphatic rings. The van der Waals surface area contributed by atoms with E-state index < -0.39 is 17.9 Å². The highest BCUT2D eigenvalue weighted by Crippen LogP contribution is 2.21. The highest BCUT2D eigenvalue weighted by molar-refractivity contribution is 5.80. The smallest absolute Gasteiger partial charge is 0.346 e. The van der Waals surface area contributed by atoms with Gasteiger partial charge in [0.25, 0.3) is 0 Å². The molecule has 3 rings (SSSR count). The Morgan fingerprint density at radius 3 is 2.57 bits per heavy atom. The van der Waals surface area contributed by atoms with E-state index in [1.54, 1.807) is 18.6 Å². The lowest BCUT2D eigenvalue weighted by Crippen LogP contribution is -2.45. The molecule has 9 heteroatoms. The highest BCUT2D eigenvalue weighted by atomic mass is 19.1. The molecule has 0 spiro atoms. The second kappa shape index (κ2) is 9.12. The number of rotatable bonds is 7. The van der Waals surface area contributed by atoms with Crippen molar-refractivity contribution < 1.29 is 23.8 Å².